The number of benzene rings is 2. The van der Waals surface area contributed by atoms with E-state index in [1.54, 1.807) is 0 Å². The summed E-state index contributed by atoms with van der Waals surface area (Å²) >= 11 is 0. The van der Waals surface area contributed by atoms with Crippen LogP contribution in [0.1, 0.15) is 19.4 Å². The first kappa shape index (κ1) is 15.9. The van der Waals surface area contributed by atoms with Gasteiger partial charge < -0.3 is 15.8 Å². The van der Waals surface area contributed by atoms with Gasteiger partial charge >= 0.3 is 0 Å². The predicted octanol–water partition coefficient (Wildman–Crippen LogP) is 3.44. The summed E-state index contributed by atoms with van der Waals surface area (Å²) in [5.41, 5.74) is 8.14. The van der Waals surface area contributed by atoms with Crippen molar-refractivity contribution in [2.24, 2.45) is 10.7 Å². The zero-order valence-electron chi connectivity index (χ0n) is 13.1. The summed E-state index contributed by atoms with van der Waals surface area (Å²) in [7, 11) is 0. The molecule has 0 bridgehead atoms. The molecule has 0 spiro atoms. The molecular formula is C18H23N3O. The number of rotatable bonds is 6. The number of para-hydroxylation sites is 1. The summed E-state index contributed by atoms with van der Waals surface area (Å²) < 4.78 is 5.75. The van der Waals surface area contributed by atoms with E-state index in [0.717, 1.165) is 17.9 Å². The molecule has 2 aromatic rings. The fourth-order valence-corrected chi connectivity index (χ4v) is 2.01. The Bertz CT molecular complexity index is 593. The minimum absolute atomic E-state index is 0.0368. The number of hydrogen-bond donors (Lipinski definition) is 2. The number of nitrogens with one attached hydrogen (secondary N) is 1. The van der Waals surface area contributed by atoms with E-state index in [0.29, 0.717) is 12.5 Å². The van der Waals surface area contributed by atoms with Crippen molar-refractivity contribution in [3.8, 4) is 5.75 Å². The van der Waals surface area contributed by atoms with Crippen molar-refractivity contribution in [3.63, 3.8) is 0 Å². The maximum Gasteiger partial charge on any atom is 0.193 e. The molecule has 0 saturated carbocycles. The largest absolute Gasteiger partial charge is 0.489 e. The van der Waals surface area contributed by atoms with Crippen molar-refractivity contribution in [1.29, 1.82) is 0 Å². The number of aliphatic imine (C=N–C) groups is 1. The van der Waals surface area contributed by atoms with E-state index in [2.05, 4.69) is 29.4 Å². The van der Waals surface area contributed by atoms with Gasteiger partial charge in [0.2, 0.25) is 0 Å². The van der Waals surface area contributed by atoms with Gasteiger partial charge in [0.05, 0.1) is 6.54 Å². The van der Waals surface area contributed by atoms with Crippen LogP contribution in [-0.4, -0.2) is 18.6 Å². The second-order valence-corrected chi connectivity index (χ2v) is 5.14. The Balaban J connectivity index is 1.83. The number of hydrogen-bond acceptors (Lipinski definition) is 2. The maximum atomic E-state index is 5.90. The van der Waals surface area contributed by atoms with E-state index in [9.17, 15) is 0 Å². The zero-order chi connectivity index (χ0) is 15.8. The van der Waals surface area contributed by atoms with Crippen LogP contribution in [0.5, 0.6) is 5.75 Å². The zero-order valence-corrected chi connectivity index (χ0v) is 13.1. The number of aryl methyl sites for hydroxylation is 1. The van der Waals surface area contributed by atoms with Crippen molar-refractivity contribution in [3.05, 3.63) is 60.2 Å². The topological polar surface area (TPSA) is 59.6 Å². The minimum atomic E-state index is -0.0368. The number of ether oxygens (including phenoxy) is 1. The van der Waals surface area contributed by atoms with Crippen molar-refractivity contribution in [2.45, 2.75) is 26.4 Å². The maximum absolute atomic E-state index is 5.90. The lowest BCUT2D eigenvalue weighted by Gasteiger charge is -2.13. The van der Waals surface area contributed by atoms with Crippen LogP contribution in [-0.2, 0) is 6.42 Å². The quantitative estimate of drug-likeness (QED) is 0.634. The van der Waals surface area contributed by atoms with Gasteiger partial charge in [-0.25, -0.2) is 4.99 Å². The van der Waals surface area contributed by atoms with Crippen LogP contribution in [0.3, 0.4) is 0 Å². The van der Waals surface area contributed by atoms with Gasteiger partial charge in [0.25, 0.3) is 0 Å². The molecule has 1 atom stereocenters. The van der Waals surface area contributed by atoms with Gasteiger partial charge in [-0.3, -0.25) is 0 Å². The Morgan fingerprint density at radius 3 is 2.45 bits per heavy atom. The average Bonchev–Trinajstić information content (AvgIpc) is 2.55. The summed E-state index contributed by atoms with van der Waals surface area (Å²) in [6.45, 7) is 4.60. The molecule has 116 valence electrons. The lowest BCUT2D eigenvalue weighted by molar-refractivity contribution is 0.230. The predicted molar refractivity (Wildman–Crippen MR) is 92.5 cm³/mol. The molecule has 0 radical (unpaired) electrons. The molecule has 0 heterocycles. The third kappa shape index (κ3) is 5.13. The summed E-state index contributed by atoms with van der Waals surface area (Å²) in [5.74, 6) is 1.24. The van der Waals surface area contributed by atoms with Gasteiger partial charge in [0, 0.05) is 5.69 Å². The van der Waals surface area contributed by atoms with Crippen molar-refractivity contribution in [1.82, 2.24) is 0 Å². The van der Waals surface area contributed by atoms with Gasteiger partial charge in [-0.2, -0.15) is 0 Å². The number of nitrogens with zero attached hydrogens (tertiary/aromatic N) is 1. The molecule has 3 N–H and O–H groups in total. The third-order valence-corrected chi connectivity index (χ3v) is 3.23. The lowest BCUT2D eigenvalue weighted by Crippen LogP contribution is -2.25. The van der Waals surface area contributed by atoms with Crippen LogP contribution in [0.15, 0.2) is 59.6 Å². The Morgan fingerprint density at radius 1 is 1.14 bits per heavy atom. The van der Waals surface area contributed by atoms with E-state index in [1.165, 1.54) is 5.56 Å². The van der Waals surface area contributed by atoms with Gasteiger partial charge in [-0.1, -0.05) is 37.3 Å². The second-order valence-electron chi connectivity index (χ2n) is 5.14. The second kappa shape index (κ2) is 8.08. The number of guanidine groups is 1. The van der Waals surface area contributed by atoms with Crippen LogP contribution in [0, 0.1) is 0 Å². The Hall–Kier alpha value is -2.49. The molecule has 0 fully saturated rings. The van der Waals surface area contributed by atoms with E-state index in [1.807, 2.05) is 49.4 Å². The monoisotopic (exact) mass is 297 g/mol. The molecule has 0 aromatic heterocycles. The molecule has 4 heteroatoms. The minimum Gasteiger partial charge on any atom is -0.489 e. The Labute approximate surface area is 132 Å². The molecule has 2 aromatic carbocycles. The standard InChI is InChI=1S/C18H23N3O/c1-3-15-9-11-16(12-10-15)21-18(19)20-13-14(2)22-17-7-5-4-6-8-17/h4-12,14H,3,13H2,1-2H3,(H3,19,20,21). The van der Waals surface area contributed by atoms with E-state index in [4.69, 9.17) is 10.5 Å². The van der Waals surface area contributed by atoms with Crippen LogP contribution >= 0.6 is 0 Å². The van der Waals surface area contributed by atoms with Crippen LogP contribution in [0.2, 0.25) is 0 Å². The molecule has 0 aliphatic heterocycles. The van der Waals surface area contributed by atoms with E-state index in [-0.39, 0.29) is 6.10 Å². The van der Waals surface area contributed by atoms with Crippen LogP contribution in [0.4, 0.5) is 5.69 Å². The highest BCUT2D eigenvalue weighted by molar-refractivity contribution is 5.92. The fourth-order valence-electron chi connectivity index (χ4n) is 2.01. The van der Waals surface area contributed by atoms with E-state index < -0.39 is 0 Å². The highest BCUT2D eigenvalue weighted by atomic mass is 16.5. The van der Waals surface area contributed by atoms with Crippen LogP contribution < -0.4 is 15.8 Å². The summed E-state index contributed by atoms with van der Waals surface area (Å²) in [6.07, 6.45) is 0.989. The van der Waals surface area contributed by atoms with Gasteiger partial charge in [-0.05, 0) is 43.2 Å². The van der Waals surface area contributed by atoms with Crippen molar-refractivity contribution >= 4 is 11.6 Å². The smallest absolute Gasteiger partial charge is 0.193 e. The molecular weight excluding hydrogens is 274 g/mol. The first-order valence-corrected chi connectivity index (χ1v) is 7.55. The fraction of sp³-hybridized carbons (Fsp3) is 0.278. The summed E-state index contributed by atoms with van der Waals surface area (Å²) in [5, 5.41) is 3.08. The average molecular weight is 297 g/mol. The molecule has 2 rings (SSSR count). The van der Waals surface area contributed by atoms with Crippen LogP contribution in [0.25, 0.3) is 0 Å². The first-order valence-electron chi connectivity index (χ1n) is 7.55. The number of nitrogens with two attached hydrogens (primary N) is 1. The molecule has 0 amide bonds. The molecule has 22 heavy (non-hydrogen) atoms. The Kier molecular flexibility index (Phi) is 5.83. The van der Waals surface area contributed by atoms with Crippen molar-refractivity contribution < 1.29 is 4.74 Å². The SMILES string of the molecule is CCc1ccc(NC(N)=NCC(C)Oc2ccccc2)cc1. The van der Waals surface area contributed by atoms with E-state index >= 15 is 0 Å². The van der Waals surface area contributed by atoms with Gasteiger partial charge in [0.1, 0.15) is 11.9 Å². The molecule has 1 unspecified atom stereocenters. The summed E-state index contributed by atoms with van der Waals surface area (Å²) in [4.78, 5) is 4.32. The van der Waals surface area contributed by atoms with Crippen molar-refractivity contribution in [2.75, 3.05) is 11.9 Å². The summed E-state index contributed by atoms with van der Waals surface area (Å²) in [6, 6.07) is 17.9. The lowest BCUT2D eigenvalue weighted by atomic mass is 10.1. The highest BCUT2D eigenvalue weighted by Crippen LogP contribution is 2.11. The first-order chi connectivity index (χ1) is 10.7. The van der Waals surface area contributed by atoms with Gasteiger partial charge in [-0.15, -0.1) is 0 Å². The molecule has 0 aliphatic rings. The molecule has 0 aliphatic carbocycles. The Morgan fingerprint density at radius 2 is 1.82 bits per heavy atom. The third-order valence-electron chi connectivity index (χ3n) is 3.23. The number of anilines is 1. The normalized spacial score (nSPS) is 12.7. The highest BCUT2D eigenvalue weighted by Gasteiger charge is 2.03. The molecule has 0 saturated heterocycles. The molecule has 4 nitrogen and oxygen atoms in total. The van der Waals surface area contributed by atoms with Gasteiger partial charge in [0.15, 0.2) is 5.96 Å².